The van der Waals surface area contributed by atoms with Gasteiger partial charge in [-0.25, -0.2) is 0 Å². The Bertz CT molecular complexity index is 1170. The van der Waals surface area contributed by atoms with E-state index < -0.39 is 0 Å². The van der Waals surface area contributed by atoms with Crippen LogP contribution in [0.5, 0.6) is 17.2 Å². The molecule has 4 rings (SSSR count). The van der Waals surface area contributed by atoms with Gasteiger partial charge >= 0.3 is 0 Å². The Hall–Kier alpha value is -3.56. The first-order valence-corrected chi connectivity index (χ1v) is 12.6. The number of carbonyl (C=O) groups is 2. The summed E-state index contributed by atoms with van der Waals surface area (Å²) in [5.74, 6) is 1.59. The van der Waals surface area contributed by atoms with E-state index in [4.69, 9.17) is 18.9 Å². The Morgan fingerprint density at radius 3 is 2.61 bits per heavy atom. The van der Waals surface area contributed by atoms with Gasteiger partial charge < -0.3 is 28.7 Å². The van der Waals surface area contributed by atoms with Gasteiger partial charge in [-0.3, -0.25) is 9.59 Å². The second-order valence-corrected chi connectivity index (χ2v) is 9.35. The van der Waals surface area contributed by atoms with Crippen molar-refractivity contribution in [1.82, 2.24) is 9.80 Å². The highest BCUT2D eigenvalue weighted by Crippen LogP contribution is 2.33. The van der Waals surface area contributed by atoms with Crippen molar-refractivity contribution in [2.24, 2.45) is 0 Å². The lowest BCUT2D eigenvalue weighted by molar-refractivity contribution is -0.133. The van der Waals surface area contributed by atoms with Gasteiger partial charge in [-0.2, -0.15) is 0 Å². The largest absolute Gasteiger partial charge is 0.497 e. The first-order valence-electron chi connectivity index (χ1n) is 11.7. The maximum atomic E-state index is 13.6. The number of ether oxygens (including phenoxy) is 4. The van der Waals surface area contributed by atoms with Crippen molar-refractivity contribution in [3.05, 3.63) is 76.0 Å². The quantitative estimate of drug-likeness (QED) is 0.340. The highest BCUT2D eigenvalue weighted by molar-refractivity contribution is 7.09. The van der Waals surface area contributed by atoms with Gasteiger partial charge in [0.25, 0.3) is 5.91 Å². The minimum absolute atomic E-state index is 0.0459. The number of hydrogen-bond acceptors (Lipinski definition) is 7. The van der Waals surface area contributed by atoms with E-state index >= 15 is 0 Å². The van der Waals surface area contributed by atoms with Crippen molar-refractivity contribution in [3.8, 4) is 17.2 Å². The number of methoxy groups -OCH3 is 2. The fourth-order valence-electron chi connectivity index (χ4n) is 3.94. The molecule has 190 valence electrons. The van der Waals surface area contributed by atoms with Crippen LogP contribution < -0.4 is 14.2 Å². The molecule has 0 atom stereocenters. The van der Waals surface area contributed by atoms with Crippen LogP contribution in [0.15, 0.2) is 60.0 Å². The van der Waals surface area contributed by atoms with E-state index in [9.17, 15) is 9.59 Å². The Morgan fingerprint density at radius 2 is 1.83 bits per heavy atom. The summed E-state index contributed by atoms with van der Waals surface area (Å²) >= 11 is 1.59. The standard InChI is InChI=1S/C27H30N2O6S/c1-32-12-5-11-28(27(31)21-6-3-7-22(15-21)33-2)18-26(30)29(17-23-8-4-13-36-23)16-20-9-10-24-25(14-20)35-19-34-24/h3-4,6-10,13-15H,5,11-12,16-19H2,1-2H3. The predicted octanol–water partition coefficient (Wildman–Crippen LogP) is 4.19. The Morgan fingerprint density at radius 1 is 0.972 bits per heavy atom. The monoisotopic (exact) mass is 510 g/mol. The van der Waals surface area contributed by atoms with Gasteiger partial charge in [0.15, 0.2) is 11.5 Å². The van der Waals surface area contributed by atoms with E-state index in [1.165, 1.54) is 0 Å². The number of benzene rings is 2. The van der Waals surface area contributed by atoms with E-state index in [0.717, 1.165) is 10.4 Å². The summed E-state index contributed by atoms with van der Waals surface area (Å²) in [5, 5.41) is 1.99. The molecule has 0 bridgehead atoms. The van der Waals surface area contributed by atoms with E-state index in [2.05, 4.69) is 0 Å². The molecule has 0 aliphatic carbocycles. The number of thiophene rings is 1. The number of carbonyl (C=O) groups excluding carboxylic acids is 2. The molecule has 8 nitrogen and oxygen atoms in total. The molecule has 0 unspecified atom stereocenters. The number of nitrogens with zero attached hydrogens (tertiary/aromatic N) is 2. The minimum atomic E-state index is -0.225. The summed E-state index contributed by atoms with van der Waals surface area (Å²) in [5.41, 5.74) is 1.40. The Labute approximate surface area is 214 Å². The molecule has 1 aliphatic rings. The van der Waals surface area contributed by atoms with Crippen LogP contribution in [-0.4, -0.2) is 62.3 Å². The van der Waals surface area contributed by atoms with Gasteiger partial charge in [0.05, 0.1) is 13.7 Å². The molecular weight excluding hydrogens is 480 g/mol. The highest BCUT2D eigenvalue weighted by Gasteiger charge is 2.24. The molecule has 2 heterocycles. The van der Waals surface area contributed by atoms with Crippen LogP contribution in [0.3, 0.4) is 0 Å². The fourth-order valence-corrected chi connectivity index (χ4v) is 4.66. The van der Waals surface area contributed by atoms with Gasteiger partial charge in [0, 0.05) is 37.2 Å². The fraction of sp³-hybridized carbons (Fsp3) is 0.333. The molecule has 0 saturated carbocycles. The summed E-state index contributed by atoms with van der Waals surface area (Å²) in [6.07, 6.45) is 0.618. The van der Waals surface area contributed by atoms with E-state index in [0.29, 0.717) is 55.5 Å². The van der Waals surface area contributed by atoms with E-state index in [-0.39, 0.29) is 25.2 Å². The Kier molecular flexibility index (Phi) is 8.80. The number of rotatable bonds is 12. The predicted molar refractivity (Wildman–Crippen MR) is 137 cm³/mol. The first kappa shape index (κ1) is 25.5. The van der Waals surface area contributed by atoms with E-state index in [1.54, 1.807) is 59.6 Å². The zero-order valence-electron chi connectivity index (χ0n) is 20.5. The topological polar surface area (TPSA) is 77.5 Å². The first-order chi connectivity index (χ1) is 17.6. The SMILES string of the molecule is COCCCN(CC(=O)N(Cc1ccc2c(c1)OCO2)Cc1cccs1)C(=O)c1cccc(OC)c1. The molecular formula is C27H30N2O6S. The van der Waals surface area contributed by atoms with Crippen LogP contribution in [-0.2, 0) is 22.6 Å². The van der Waals surface area contributed by atoms with Crippen molar-refractivity contribution in [1.29, 1.82) is 0 Å². The van der Waals surface area contributed by atoms with Crippen LogP contribution in [0, 0.1) is 0 Å². The van der Waals surface area contributed by atoms with Crippen LogP contribution in [0.25, 0.3) is 0 Å². The molecule has 9 heteroatoms. The van der Waals surface area contributed by atoms with Crippen LogP contribution in [0.2, 0.25) is 0 Å². The smallest absolute Gasteiger partial charge is 0.254 e. The van der Waals surface area contributed by atoms with Crippen LogP contribution >= 0.6 is 11.3 Å². The van der Waals surface area contributed by atoms with E-state index in [1.807, 2.05) is 35.7 Å². The molecule has 0 saturated heterocycles. The molecule has 36 heavy (non-hydrogen) atoms. The van der Waals surface area contributed by atoms with Gasteiger partial charge in [-0.05, 0) is 53.8 Å². The molecule has 0 N–H and O–H groups in total. The molecule has 0 radical (unpaired) electrons. The highest BCUT2D eigenvalue weighted by atomic mass is 32.1. The van der Waals surface area contributed by atoms with Crippen molar-refractivity contribution < 1.29 is 28.5 Å². The zero-order chi connectivity index (χ0) is 25.3. The van der Waals surface area contributed by atoms with Gasteiger partial charge in [-0.15, -0.1) is 11.3 Å². The second-order valence-electron chi connectivity index (χ2n) is 8.32. The summed E-state index contributed by atoms with van der Waals surface area (Å²) in [4.78, 5) is 31.4. The number of hydrogen-bond donors (Lipinski definition) is 0. The minimum Gasteiger partial charge on any atom is -0.497 e. The molecule has 1 aliphatic heterocycles. The number of amides is 2. The molecule has 1 aromatic heterocycles. The lowest BCUT2D eigenvalue weighted by Crippen LogP contribution is -2.43. The maximum absolute atomic E-state index is 13.6. The summed E-state index contributed by atoms with van der Waals surface area (Å²) in [6.45, 7) is 1.87. The zero-order valence-corrected chi connectivity index (χ0v) is 21.3. The molecule has 3 aromatic rings. The van der Waals surface area contributed by atoms with Crippen LogP contribution in [0.4, 0.5) is 0 Å². The van der Waals surface area contributed by atoms with Gasteiger partial charge in [0.1, 0.15) is 12.3 Å². The van der Waals surface area contributed by atoms with Crippen molar-refractivity contribution >= 4 is 23.2 Å². The average Bonchev–Trinajstić information content (AvgIpc) is 3.59. The van der Waals surface area contributed by atoms with Crippen LogP contribution in [0.1, 0.15) is 27.2 Å². The third-order valence-electron chi connectivity index (χ3n) is 5.80. The summed E-state index contributed by atoms with van der Waals surface area (Å²) in [7, 11) is 3.18. The normalized spacial score (nSPS) is 11.8. The number of fused-ring (bicyclic) bond motifs is 1. The summed E-state index contributed by atoms with van der Waals surface area (Å²) in [6, 6.07) is 16.6. The van der Waals surface area contributed by atoms with Gasteiger partial charge in [0.2, 0.25) is 12.7 Å². The third-order valence-corrected chi connectivity index (χ3v) is 6.66. The average molecular weight is 511 g/mol. The maximum Gasteiger partial charge on any atom is 0.254 e. The Balaban J connectivity index is 1.53. The lowest BCUT2D eigenvalue weighted by atomic mass is 10.1. The molecule has 2 aromatic carbocycles. The second kappa shape index (κ2) is 12.4. The van der Waals surface area contributed by atoms with Crippen molar-refractivity contribution in [3.63, 3.8) is 0 Å². The lowest BCUT2D eigenvalue weighted by Gasteiger charge is -2.28. The molecule has 2 amide bonds. The van der Waals surface area contributed by atoms with Crippen molar-refractivity contribution in [2.45, 2.75) is 19.5 Å². The molecule has 0 fully saturated rings. The third kappa shape index (κ3) is 6.56. The van der Waals surface area contributed by atoms with Gasteiger partial charge in [-0.1, -0.05) is 18.2 Å². The van der Waals surface area contributed by atoms with Crippen molar-refractivity contribution in [2.75, 3.05) is 40.7 Å². The summed E-state index contributed by atoms with van der Waals surface area (Å²) < 4.78 is 21.4. The molecule has 0 spiro atoms.